The molecule has 0 aromatic heterocycles. The van der Waals surface area contributed by atoms with Crippen LogP contribution in [0.1, 0.15) is 13.3 Å². The summed E-state index contributed by atoms with van der Waals surface area (Å²) in [6, 6.07) is 0. The second-order valence-corrected chi connectivity index (χ2v) is 3.11. The van der Waals surface area contributed by atoms with E-state index in [4.69, 9.17) is 5.11 Å². The molecule has 0 rings (SSSR count). The number of rotatable bonds is 6. The highest BCUT2D eigenvalue weighted by atomic mass is 32.2. The normalized spacial score (nSPS) is 9.42. The molecule has 0 saturated heterocycles. The summed E-state index contributed by atoms with van der Waals surface area (Å²) >= 11 is 1.27. The Kier molecular flexibility index (Phi) is 6.55. The first kappa shape index (κ1) is 11.3. The molecule has 0 fully saturated rings. The van der Waals surface area contributed by atoms with E-state index in [1.54, 1.807) is 6.92 Å². The number of aliphatic carboxylic acids is 1. The van der Waals surface area contributed by atoms with Crippen molar-refractivity contribution in [2.75, 3.05) is 18.1 Å². The minimum atomic E-state index is -0.841. The average Bonchev–Trinajstić information content (AvgIpc) is 1.98. The molecule has 0 radical (unpaired) electrons. The summed E-state index contributed by atoms with van der Waals surface area (Å²) in [5.74, 6) is -0.436. The van der Waals surface area contributed by atoms with E-state index >= 15 is 0 Å². The summed E-state index contributed by atoms with van der Waals surface area (Å²) in [6.07, 6.45) is 0.0874. The Morgan fingerprint density at radius 2 is 2.17 bits per heavy atom. The first-order chi connectivity index (χ1) is 5.66. The lowest BCUT2D eigenvalue weighted by Crippen LogP contribution is -2.07. The van der Waals surface area contributed by atoms with Crippen molar-refractivity contribution < 1.29 is 19.4 Å². The molecule has 0 saturated carbocycles. The summed E-state index contributed by atoms with van der Waals surface area (Å²) in [7, 11) is 0. The number of carbonyl (C=O) groups is 2. The second kappa shape index (κ2) is 6.97. The van der Waals surface area contributed by atoms with Crippen LogP contribution in [0.25, 0.3) is 0 Å². The van der Waals surface area contributed by atoms with Crippen molar-refractivity contribution in [2.45, 2.75) is 13.3 Å². The Balaban J connectivity index is 3.19. The molecular weight excluding hydrogens is 180 g/mol. The maximum absolute atomic E-state index is 10.7. The molecule has 5 heteroatoms. The van der Waals surface area contributed by atoms with Crippen LogP contribution in [0.3, 0.4) is 0 Å². The smallest absolute Gasteiger partial charge is 0.315 e. The summed E-state index contributed by atoms with van der Waals surface area (Å²) in [5.41, 5.74) is 0. The molecule has 0 aliphatic rings. The van der Waals surface area contributed by atoms with E-state index in [2.05, 4.69) is 4.74 Å². The minimum Gasteiger partial charge on any atom is -0.481 e. The van der Waals surface area contributed by atoms with E-state index in [-0.39, 0.29) is 18.1 Å². The second-order valence-electron chi connectivity index (χ2n) is 2.00. The van der Waals surface area contributed by atoms with Crippen molar-refractivity contribution >= 4 is 23.7 Å². The number of ether oxygens (including phenoxy) is 1. The number of carboxylic acids is 1. The van der Waals surface area contributed by atoms with Crippen molar-refractivity contribution in [3.8, 4) is 0 Å². The number of hydrogen-bond acceptors (Lipinski definition) is 4. The molecule has 70 valence electrons. The number of carboxylic acid groups (broad SMARTS) is 1. The number of hydrogen-bond donors (Lipinski definition) is 1. The van der Waals surface area contributed by atoms with Crippen LogP contribution in [-0.2, 0) is 14.3 Å². The van der Waals surface area contributed by atoms with Crippen LogP contribution in [0, 0.1) is 0 Å². The maximum atomic E-state index is 10.7. The predicted octanol–water partition coefficient (Wildman–Crippen LogP) is 0.757. The van der Waals surface area contributed by atoms with Gasteiger partial charge in [0, 0.05) is 5.75 Å². The van der Waals surface area contributed by atoms with Gasteiger partial charge in [0.2, 0.25) is 0 Å². The van der Waals surface area contributed by atoms with Gasteiger partial charge in [-0.1, -0.05) is 0 Å². The van der Waals surface area contributed by atoms with E-state index < -0.39 is 5.97 Å². The number of esters is 1. The molecule has 0 atom stereocenters. The molecule has 0 amide bonds. The predicted molar refractivity (Wildman–Crippen MR) is 46.2 cm³/mol. The van der Waals surface area contributed by atoms with Gasteiger partial charge in [0.25, 0.3) is 0 Å². The van der Waals surface area contributed by atoms with Gasteiger partial charge in [0.1, 0.15) is 0 Å². The van der Waals surface area contributed by atoms with Crippen LogP contribution in [0.2, 0.25) is 0 Å². The zero-order valence-corrected chi connectivity index (χ0v) is 7.73. The van der Waals surface area contributed by atoms with Gasteiger partial charge >= 0.3 is 11.9 Å². The van der Waals surface area contributed by atoms with Crippen LogP contribution in [0.5, 0.6) is 0 Å². The number of carbonyl (C=O) groups excluding carboxylic acids is 1. The monoisotopic (exact) mass is 192 g/mol. The summed E-state index contributed by atoms with van der Waals surface area (Å²) < 4.78 is 4.64. The van der Waals surface area contributed by atoms with Crippen LogP contribution in [-0.4, -0.2) is 35.2 Å². The Morgan fingerprint density at radius 3 is 2.67 bits per heavy atom. The van der Waals surface area contributed by atoms with Crippen molar-refractivity contribution in [3.05, 3.63) is 0 Å². The Hall–Kier alpha value is -0.710. The summed E-state index contributed by atoms with van der Waals surface area (Å²) in [4.78, 5) is 20.7. The maximum Gasteiger partial charge on any atom is 0.315 e. The van der Waals surface area contributed by atoms with Gasteiger partial charge in [-0.05, 0) is 6.92 Å². The third-order valence-electron chi connectivity index (χ3n) is 0.986. The fourth-order valence-electron chi connectivity index (χ4n) is 0.518. The molecule has 0 aliphatic carbocycles. The molecule has 0 spiro atoms. The SMILES string of the molecule is CCOC(=O)CSCCC(=O)O. The van der Waals surface area contributed by atoms with E-state index in [0.29, 0.717) is 12.4 Å². The van der Waals surface area contributed by atoms with Crippen molar-refractivity contribution in [3.63, 3.8) is 0 Å². The number of thioether (sulfide) groups is 1. The molecule has 4 nitrogen and oxygen atoms in total. The van der Waals surface area contributed by atoms with Crippen LogP contribution >= 0.6 is 11.8 Å². The van der Waals surface area contributed by atoms with Gasteiger partial charge in [-0.3, -0.25) is 9.59 Å². The van der Waals surface area contributed by atoms with Gasteiger partial charge in [-0.15, -0.1) is 11.8 Å². The average molecular weight is 192 g/mol. The van der Waals surface area contributed by atoms with Gasteiger partial charge < -0.3 is 9.84 Å². The molecule has 0 aromatic rings. The highest BCUT2D eigenvalue weighted by Gasteiger charge is 2.02. The highest BCUT2D eigenvalue weighted by Crippen LogP contribution is 2.02. The Labute approximate surface area is 75.3 Å². The van der Waals surface area contributed by atoms with Gasteiger partial charge in [0.15, 0.2) is 0 Å². The molecule has 0 bridgehead atoms. The van der Waals surface area contributed by atoms with Crippen molar-refractivity contribution in [1.29, 1.82) is 0 Å². The first-order valence-corrected chi connectivity index (χ1v) is 4.77. The highest BCUT2D eigenvalue weighted by molar-refractivity contribution is 7.99. The van der Waals surface area contributed by atoms with Crippen LogP contribution < -0.4 is 0 Å². The Bertz CT molecular complexity index is 157. The van der Waals surface area contributed by atoms with E-state index in [9.17, 15) is 9.59 Å². The van der Waals surface area contributed by atoms with Crippen LogP contribution in [0.4, 0.5) is 0 Å². The third kappa shape index (κ3) is 7.40. The summed E-state index contributed by atoms with van der Waals surface area (Å²) in [5, 5.41) is 8.25. The van der Waals surface area contributed by atoms with E-state index in [0.717, 1.165) is 0 Å². The zero-order chi connectivity index (χ0) is 9.40. The van der Waals surface area contributed by atoms with E-state index in [1.165, 1.54) is 11.8 Å². The fraction of sp³-hybridized carbons (Fsp3) is 0.714. The lowest BCUT2D eigenvalue weighted by atomic mass is 10.5. The summed E-state index contributed by atoms with van der Waals surface area (Å²) in [6.45, 7) is 2.11. The lowest BCUT2D eigenvalue weighted by Gasteiger charge is -1.99. The topological polar surface area (TPSA) is 63.6 Å². The van der Waals surface area contributed by atoms with E-state index in [1.807, 2.05) is 0 Å². The Morgan fingerprint density at radius 1 is 1.50 bits per heavy atom. The largest absolute Gasteiger partial charge is 0.481 e. The third-order valence-corrected chi connectivity index (χ3v) is 1.92. The standard InChI is InChI=1S/C7H12O4S/c1-2-11-7(10)5-12-4-3-6(8)9/h2-5H2,1H3,(H,8,9). The minimum absolute atomic E-state index is 0.0874. The molecule has 0 aromatic carbocycles. The zero-order valence-electron chi connectivity index (χ0n) is 6.91. The fourth-order valence-corrected chi connectivity index (χ4v) is 1.23. The van der Waals surface area contributed by atoms with Crippen molar-refractivity contribution in [1.82, 2.24) is 0 Å². The molecule has 12 heavy (non-hydrogen) atoms. The molecular formula is C7H12O4S. The van der Waals surface area contributed by atoms with Gasteiger partial charge in [-0.2, -0.15) is 0 Å². The van der Waals surface area contributed by atoms with Gasteiger partial charge in [0.05, 0.1) is 18.8 Å². The quantitative estimate of drug-likeness (QED) is 0.497. The van der Waals surface area contributed by atoms with Gasteiger partial charge in [-0.25, -0.2) is 0 Å². The molecule has 1 N–H and O–H groups in total. The van der Waals surface area contributed by atoms with Crippen molar-refractivity contribution in [2.24, 2.45) is 0 Å². The lowest BCUT2D eigenvalue weighted by molar-refractivity contribution is -0.140. The first-order valence-electron chi connectivity index (χ1n) is 3.62. The van der Waals surface area contributed by atoms with Crippen LogP contribution in [0.15, 0.2) is 0 Å². The molecule has 0 heterocycles. The molecule has 0 unspecified atom stereocenters. The molecule has 0 aliphatic heterocycles.